The summed E-state index contributed by atoms with van der Waals surface area (Å²) in [7, 11) is -4.00. The molecule has 0 spiro atoms. The summed E-state index contributed by atoms with van der Waals surface area (Å²) in [5.41, 5.74) is 3.70. The molecule has 32 heavy (non-hydrogen) atoms. The fraction of sp³-hybridized carbons (Fsp3) is 0.0870. The summed E-state index contributed by atoms with van der Waals surface area (Å²) < 4.78 is 14.8. The van der Waals surface area contributed by atoms with E-state index < -0.39 is 7.60 Å². The third-order valence-electron chi connectivity index (χ3n) is 5.00. The minimum absolute atomic E-state index is 0. The molecule has 2 N–H and O–H groups in total. The highest BCUT2D eigenvalue weighted by Crippen LogP contribution is 2.33. The second-order valence-electron chi connectivity index (χ2n) is 7.00. The molecule has 0 unspecified atom stereocenters. The average molecular weight is 488 g/mol. The van der Waals surface area contributed by atoms with Crippen LogP contribution in [0.25, 0.3) is 27.6 Å². The molecule has 0 atom stereocenters. The van der Waals surface area contributed by atoms with Gasteiger partial charge in [0.15, 0.2) is 31.3 Å². The third-order valence-corrected chi connectivity index (χ3v) is 5.79. The Morgan fingerprint density at radius 2 is 1.38 bits per heavy atom. The highest BCUT2D eigenvalue weighted by molar-refractivity contribution is 7.51. The van der Waals surface area contributed by atoms with Gasteiger partial charge in [0.25, 0.3) is 0 Å². The number of rotatable bonds is 5. The molecule has 2 heterocycles. The van der Waals surface area contributed by atoms with E-state index in [1.165, 1.54) is 0 Å². The fourth-order valence-electron chi connectivity index (χ4n) is 3.43. The van der Waals surface area contributed by atoms with E-state index >= 15 is 0 Å². The largest absolute Gasteiger partial charge is 1.00 e. The molecular formula is C23H20Cl2N3O3P. The molecule has 0 bridgehead atoms. The number of nitrogens with zero attached hydrogens (tertiary/aromatic N) is 3. The first-order chi connectivity index (χ1) is 14.4. The summed E-state index contributed by atoms with van der Waals surface area (Å²) in [4.78, 5) is 18.0. The molecule has 0 aliphatic carbocycles. The topological polar surface area (TPSA) is 89.1 Å². The smallest absolute Gasteiger partial charge is 0.331 e. The minimum Gasteiger partial charge on any atom is -1.00 e. The molecule has 2 aromatic heterocycles. The first-order valence-corrected chi connectivity index (χ1v) is 11.2. The summed E-state index contributed by atoms with van der Waals surface area (Å²) in [5.74, 6) is 0. The molecule has 6 nitrogen and oxygen atoms in total. The molecule has 0 aliphatic rings. The van der Waals surface area contributed by atoms with Crippen molar-refractivity contribution in [2.24, 2.45) is 0 Å². The molecule has 9 heteroatoms. The van der Waals surface area contributed by atoms with Crippen molar-refractivity contribution in [3.63, 3.8) is 0 Å². The average Bonchev–Trinajstić information content (AvgIpc) is 2.77. The molecule has 0 saturated heterocycles. The maximum Gasteiger partial charge on any atom is 0.331 e. The van der Waals surface area contributed by atoms with Crippen LogP contribution in [-0.4, -0.2) is 15.9 Å². The van der Waals surface area contributed by atoms with Crippen molar-refractivity contribution in [2.75, 3.05) is 6.16 Å². The first-order valence-electron chi connectivity index (χ1n) is 9.42. The minimum atomic E-state index is -4.00. The summed E-state index contributed by atoms with van der Waals surface area (Å²) >= 11 is 0. The maximum atomic E-state index is 11.0. The number of benzene rings is 2. The van der Waals surface area contributed by atoms with Crippen molar-refractivity contribution in [1.29, 1.82) is 5.26 Å². The molecule has 0 fully saturated rings. The Bertz CT molecular complexity index is 1300. The third kappa shape index (κ3) is 5.72. The Kier molecular flexibility index (Phi) is 8.51. The van der Waals surface area contributed by atoms with Gasteiger partial charge in [0.2, 0.25) is 5.69 Å². The van der Waals surface area contributed by atoms with Gasteiger partial charge >= 0.3 is 7.60 Å². The van der Waals surface area contributed by atoms with E-state index in [9.17, 15) is 9.83 Å². The number of nitriles is 1. The van der Waals surface area contributed by atoms with Crippen LogP contribution in [0.2, 0.25) is 0 Å². The van der Waals surface area contributed by atoms with Crippen LogP contribution in [0.15, 0.2) is 85.5 Å². The van der Waals surface area contributed by atoms with E-state index in [1.807, 2.05) is 90.0 Å². The first kappa shape index (κ1) is 25.5. The zero-order valence-corrected chi connectivity index (χ0v) is 19.3. The maximum absolute atomic E-state index is 11.0. The predicted molar refractivity (Wildman–Crippen MR) is 113 cm³/mol. The molecule has 4 rings (SSSR count). The van der Waals surface area contributed by atoms with Crippen LogP contribution in [0.4, 0.5) is 0 Å². The Morgan fingerprint density at radius 1 is 0.812 bits per heavy atom. The highest BCUT2D eigenvalue weighted by Gasteiger charge is 2.16. The fourth-order valence-corrected chi connectivity index (χ4v) is 3.92. The van der Waals surface area contributed by atoms with Gasteiger partial charge in [-0.15, -0.1) is 0 Å². The molecule has 0 aliphatic heterocycles. The Morgan fingerprint density at radius 3 is 1.94 bits per heavy atom. The number of aryl methyl sites for hydroxylation is 1. The lowest BCUT2D eigenvalue weighted by molar-refractivity contribution is -0.692. The Hall–Kier alpha value is -2.78. The van der Waals surface area contributed by atoms with Crippen molar-refractivity contribution in [3.8, 4) is 22.9 Å². The van der Waals surface area contributed by atoms with Gasteiger partial charge in [0, 0.05) is 35.7 Å². The van der Waals surface area contributed by atoms with E-state index in [-0.39, 0.29) is 37.5 Å². The van der Waals surface area contributed by atoms with Gasteiger partial charge in [-0.05, 0) is 23.3 Å². The van der Waals surface area contributed by atoms with Crippen LogP contribution in [0.5, 0.6) is 0 Å². The Balaban J connectivity index is 0.00000181. The summed E-state index contributed by atoms with van der Waals surface area (Å²) in [6, 6.07) is 21.8. The number of fused-ring (bicyclic) bond motifs is 1. The summed E-state index contributed by atoms with van der Waals surface area (Å²) in [5, 5.41) is 11.3. The summed E-state index contributed by atoms with van der Waals surface area (Å²) in [6.07, 6.45) is 7.43. The van der Waals surface area contributed by atoms with E-state index in [4.69, 9.17) is 9.79 Å². The van der Waals surface area contributed by atoms with Crippen molar-refractivity contribution in [1.82, 2.24) is 0 Å². The number of pyridine rings is 2. The monoisotopic (exact) mass is 487 g/mol. The molecule has 0 saturated carbocycles. The van der Waals surface area contributed by atoms with Crippen LogP contribution in [-0.2, 0) is 11.1 Å². The van der Waals surface area contributed by atoms with Gasteiger partial charge in [-0.3, -0.25) is 4.57 Å². The van der Waals surface area contributed by atoms with E-state index in [1.54, 1.807) is 4.57 Å². The van der Waals surface area contributed by atoms with Crippen molar-refractivity contribution in [3.05, 3.63) is 91.0 Å². The zero-order chi connectivity index (χ0) is 21.1. The van der Waals surface area contributed by atoms with Crippen LogP contribution in [0, 0.1) is 11.3 Å². The van der Waals surface area contributed by atoms with Gasteiger partial charge in [0.05, 0.1) is 17.0 Å². The van der Waals surface area contributed by atoms with Crippen LogP contribution < -0.4 is 33.9 Å². The van der Waals surface area contributed by atoms with Crippen LogP contribution in [0.3, 0.4) is 0 Å². The molecule has 164 valence electrons. The van der Waals surface area contributed by atoms with Crippen LogP contribution >= 0.6 is 7.60 Å². The van der Waals surface area contributed by atoms with Crippen LogP contribution in [0.1, 0.15) is 5.56 Å². The second kappa shape index (κ2) is 10.7. The predicted octanol–water partition coefficient (Wildman–Crippen LogP) is -2.87. The standard InChI is InChI=1S/C23H18N3O3P.2ClH/c24-17-20-5-6-23(22-4-2-1-3-21(20)22)26-13-9-19(10-14-26)18-7-11-25(12-8-18)15-16-30(27,28)29;;/h1-14H,15-16H2;2*1H. The molecule has 0 amide bonds. The lowest BCUT2D eigenvalue weighted by Gasteiger charge is -2.05. The highest BCUT2D eigenvalue weighted by atomic mass is 35.5. The normalized spacial score (nSPS) is 10.7. The van der Waals surface area contributed by atoms with Crippen molar-refractivity contribution >= 4 is 18.4 Å². The van der Waals surface area contributed by atoms with Gasteiger partial charge in [-0.1, -0.05) is 18.2 Å². The zero-order valence-electron chi connectivity index (χ0n) is 16.8. The molecule has 4 aromatic rings. The van der Waals surface area contributed by atoms with Gasteiger partial charge in [-0.25, -0.2) is 4.57 Å². The number of hydrogen-bond acceptors (Lipinski definition) is 2. The lowest BCUT2D eigenvalue weighted by Crippen LogP contribution is -3.00. The number of halogens is 2. The van der Waals surface area contributed by atoms with E-state index in [2.05, 4.69) is 6.07 Å². The molecular weight excluding hydrogens is 468 g/mol. The van der Waals surface area contributed by atoms with Gasteiger partial charge in [0.1, 0.15) is 6.16 Å². The lowest BCUT2D eigenvalue weighted by atomic mass is 10.0. The van der Waals surface area contributed by atoms with Crippen molar-refractivity contribution in [2.45, 2.75) is 6.54 Å². The molecule has 2 aromatic carbocycles. The number of aromatic nitrogens is 2. The van der Waals surface area contributed by atoms with E-state index in [0.29, 0.717) is 5.56 Å². The van der Waals surface area contributed by atoms with Gasteiger partial charge < -0.3 is 34.6 Å². The van der Waals surface area contributed by atoms with Crippen molar-refractivity contribution < 1.29 is 48.3 Å². The quantitative estimate of drug-likeness (QED) is 0.234. The number of hydrogen-bond donors (Lipinski definition) is 2. The summed E-state index contributed by atoms with van der Waals surface area (Å²) in [6.45, 7) is 0.269. The second-order valence-corrected chi connectivity index (χ2v) is 8.77. The Labute approximate surface area is 198 Å². The van der Waals surface area contributed by atoms with E-state index in [0.717, 1.165) is 27.6 Å². The molecule has 0 radical (unpaired) electrons. The SMILES string of the molecule is N#Cc1ccc(-[n+]2ccc(-c3cc[n+](CCP(=O)(O)O)cc3)cc2)c2ccccc12.[Cl-].[Cl-]. The van der Waals surface area contributed by atoms with Gasteiger partial charge in [-0.2, -0.15) is 9.83 Å².